The molecule has 1 aromatic heterocycles. The van der Waals surface area contributed by atoms with Crippen molar-refractivity contribution in [3.05, 3.63) is 46.7 Å². The van der Waals surface area contributed by atoms with Gasteiger partial charge in [0.2, 0.25) is 0 Å². The molecular formula is C12H8ClN3O2. The van der Waals surface area contributed by atoms with Crippen LogP contribution in [0.4, 0.5) is 0 Å². The van der Waals surface area contributed by atoms with Gasteiger partial charge in [0.05, 0.1) is 12.8 Å². The lowest BCUT2D eigenvalue weighted by molar-refractivity contribution is 0.0593. The molecule has 2 aromatic rings. The van der Waals surface area contributed by atoms with Gasteiger partial charge in [-0.2, -0.15) is 10.4 Å². The fourth-order valence-electron chi connectivity index (χ4n) is 1.43. The van der Waals surface area contributed by atoms with Crippen LogP contribution in [-0.2, 0) is 4.74 Å². The molecular weight excluding hydrogens is 254 g/mol. The van der Waals surface area contributed by atoms with Crippen LogP contribution < -0.4 is 0 Å². The molecule has 90 valence electrons. The molecule has 0 bridgehead atoms. The minimum absolute atomic E-state index is 0.00468. The Hall–Kier alpha value is -2.32. The maximum absolute atomic E-state index is 11.4. The molecule has 0 spiro atoms. The van der Waals surface area contributed by atoms with E-state index in [2.05, 4.69) is 9.84 Å². The van der Waals surface area contributed by atoms with E-state index in [9.17, 15) is 4.79 Å². The van der Waals surface area contributed by atoms with E-state index in [1.165, 1.54) is 18.0 Å². The minimum Gasteiger partial charge on any atom is -0.464 e. The third kappa shape index (κ3) is 2.19. The molecule has 0 atom stereocenters. The summed E-state index contributed by atoms with van der Waals surface area (Å²) < 4.78 is 5.99. The van der Waals surface area contributed by atoms with Crippen LogP contribution in [0.3, 0.4) is 0 Å². The summed E-state index contributed by atoms with van der Waals surface area (Å²) in [6.45, 7) is 0. The Bertz CT molecular complexity index is 626. The Balaban J connectivity index is 2.48. The molecule has 1 aromatic carbocycles. The third-order valence-corrected chi connectivity index (χ3v) is 2.56. The van der Waals surface area contributed by atoms with Gasteiger partial charge in [0.15, 0.2) is 5.69 Å². The van der Waals surface area contributed by atoms with Crippen LogP contribution in [0.25, 0.3) is 5.69 Å². The fraction of sp³-hybridized carbons (Fsp3) is 0.0833. The van der Waals surface area contributed by atoms with Gasteiger partial charge < -0.3 is 4.74 Å². The molecule has 6 heteroatoms. The number of carbonyl (C=O) groups is 1. The van der Waals surface area contributed by atoms with Gasteiger partial charge in [-0.1, -0.05) is 11.6 Å². The number of halogens is 1. The highest BCUT2D eigenvalue weighted by Gasteiger charge is 2.17. The molecule has 0 fully saturated rings. The first-order valence-corrected chi connectivity index (χ1v) is 5.37. The number of methoxy groups -OCH3 is 1. The van der Waals surface area contributed by atoms with E-state index < -0.39 is 5.97 Å². The van der Waals surface area contributed by atoms with Crippen molar-refractivity contribution in [3.63, 3.8) is 0 Å². The summed E-state index contributed by atoms with van der Waals surface area (Å²) in [4.78, 5) is 11.4. The second-order valence-electron chi connectivity index (χ2n) is 3.42. The number of rotatable bonds is 2. The second kappa shape index (κ2) is 4.90. The third-order valence-electron chi connectivity index (χ3n) is 2.30. The van der Waals surface area contributed by atoms with Gasteiger partial charge in [-0.05, 0) is 24.3 Å². The number of hydrogen-bond acceptors (Lipinski definition) is 4. The molecule has 0 radical (unpaired) electrons. The molecule has 0 aliphatic carbocycles. The van der Waals surface area contributed by atoms with E-state index in [0.717, 1.165) is 0 Å². The normalized spacial score (nSPS) is 9.83. The average Bonchev–Trinajstić information content (AvgIpc) is 2.82. The lowest BCUT2D eigenvalue weighted by Gasteiger charge is -2.00. The largest absolute Gasteiger partial charge is 0.464 e. The highest BCUT2D eigenvalue weighted by atomic mass is 35.5. The van der Waals surface area contributed by atoms with Crippen LogP contribution in [0.2, 0.25) is 5.02 Å². The number of hydrogen-bond donors (Lipinski definition) is 0. The van der Waals surface area contributed by atoms with Crippen molar-refractivity contribution in [2.75, 3.05) is 7.11 Å². The summed E-state index contributed by atoms with van der Waals surface area (Å²) in [5, 5.41) is 13.6. The summed E-state index contributed by atoms with van der Waals surface area (Å²) in [5.41, 5.74) is 0.859. The molecule has 0 unspecified atom stereocenters. The SMILES string of the molecule is COC(=O)c1nn(-c2ccc(Cl)cc2)cc1C#N. The number of nitrogens with zero attached hydrogens (tertiary/aromatic N) is 3. The van der Waals surface area contributed by atoms with Gasteiger partial charge in [-0.3, -0.25) is 0 Å². The standard InChI is InChI=1S/C12H8ClN3O2/c1-18-12(17)11-8(6-14)7-16(15-11)10-4-2-9(13)3-5-10/h2-5,7H,1H3. The van der Waals surface area contributed by atoms with Crippen LogP contribution in [0.5, 0.6) is 0 Å². The first kappa shape index (κ1) is 12.1. The maximum atomic E-state index is 11.4. The number of esters is 1. The van der Waals surface area contributed by atoms with Crippen molar-refractivity contribution in [2.45, 2.75) is 0 Å². The smallest absolute Gasteiger partial charge is 0.359 e. The first-order chi connectivity index (χ1) is 8.65. The Morgan fingerprint density at radius 3 is 2.67 bits per heavy atom. The molecule has 0 saturated heterocycles. The molecule has 1 heterocycles. The Labute approximate surface area is 108 Å². The Morgan fingerprint density at radius 2 is 2.11 bits per heavy atom. The van der Waals surface area contributed by atoms with Gasteiger partial charge >= 0.3 is 5.97 Å². The Morgan fingerprint density at radius 1 is 1.44 bits per heavy atom. The number of carbonyl (C=O) groups excluding carboxylic acids is 1. The minimum atomic E-state index is -0.640. The summed E-state index contributed by atoms with van der Waals surface area (Å²) in [6, 6.07) is 8.76. The van der Waals surface area contributed by atoms with E-state index >= 15 is 0 Å². The molecule has 5 nitrogen and oxygen atoms in total. The second-order valence-corrected chi connectivity index (χ2v) is 3.85. The van der Waals surface area contributed by atoms with Crippen LogP contribution >= 0.6 is 11.6 Å². The van der Waals surface area contributed by atoms with Crippen molar-refractivity contribution in [3.8, 4) is 11.8 Å². The van der Waals surface area contributed by atoms with E-state index in [1.807, 2.05) is 6.07 Å². The highest BCUT2D eigenvalue weighted by Crippen LogP contribution is 2.15. The van der Waals surface area contributed by atoms with Gasteiger partial charge in [-0.25, -0.2) is 9.48 Å². The summed E-state index contributed by atoms with van der Waals surface area (Å²) in [6.07, 6.45) is 1.47. The first-order valence-electron chi connectivity index (χ1n) is 4.99. The summed E-state index contributed by atoms with van der Waals surface area (Å²) in [5.74, 6) is -0.640. The molecule has 0 saturated carbocycles. The summed E-state index contributed by atoms with van der Waals surface area (Å²) >= 11 is 5.78. The van der Waals surface area contributed by atoms with Crippen LogP contribution in [0, 0.1) is 11.3 Å². The topological polar surface area (TPSA) is 67.9 Å². The van der Waals surface area contributed by atoms with Crippen molar-refractivity contribution >= 4 is 17.6 Å². The van der Waals surface area contributed by atoms with Crippen molar-refractivity contribution < 1.29 is 9.53 Å². The van der Waals surface area contributed by atoms with E-state index in [4.69, 9.17) is 16.9 Å². The monoisotopic (exact) mass is 261 g/mol. The highest BCUT2D eigenvalue weighted by molar-refractivity contribution is 6.30. The number of nitriles is 1. The molecule has 0 amide bonds. The Kier molecular flexibility index (Phi) is 3.31. The number of benzene rings is 1. The zero-order valence-electron chi connectivity index (χ0n) is 9.42. The van der Waals surface area contributed by atoms with Crippen molar-refractivity contribution in [1.29, 1.82) is 5.26 Å². The lowest BCUT2D eigenvalue weighted by Crippen LogP contribution is -2.05. The van der Waals surface area contributed by atoms with Crippen LogP contribution in [-0.4, -0.2) is 22.9 Å². The number of aromatic nitrogens is 2. The van der Waals surface area contributed by atoms with E-state index in [1.54, 1.807) is 24.3 Å². The van der Waals surface area contributed by atoms with Gasteiger partial charge in [0.25, 0.3) is 0 Å². The quantitative estimate of drug-likeness (QED) is 0.777. The fourth-order valence-corrected chi connectivity index (χ4v) is 1.56. The predicted octanol–water partition coefficient (Wildman–Crippen LogP) is 2.18. The zero-order valence-corrected chi connectivity index (χ0v) is 10.2. The predicted molar refractivity (Wildman–Crippen MR) is 64.6 cm³/mol. The zero-order chi connectivity index (χ0) is 13.1. The maximum Gasteiger partial charge on any atom is 0.359 e. The van der Waals surface area contributed by atoms with Crippen LogP contribution in [0.15, 0.2) is 30.5 Å². The summed E-state index contributed by atoms with van der Waals surface area (Å²) in [7, 11) is 1.24. The molecule has 0 aliphatic rings. The molecule has 0 N–H and O–H groups in total. The van der Waals surface area contributed by atoms with Gasteiger partial charge in [0, 0.05) is 11.2 Å². The van der Waals surface area contributed by atoms with Gasteiger partial charge in [0.1, 0.15) is 11.6 Å². The van der Waals surface area contributed by atoms with E-state index in [0.29, 0.717) is 10.7 Å². The van der Waals surface area contributed by atoms with Gasteiger partial charge in [-0.15, -0.1) is 0 Å². The lowest BCUT2D eigenvalue weighted by atomic mass is 10.3. The van der Waals surface area contributed by atoms with E-state index in [-0.39, 0.29) is 11.3 Å². The molecule has 2 rings (SSSR count). The van der Waals surface area contributed by atoms with Crippen LogP contribution in [0.1, 0.15) is 16.1 Å². The van der Waals surface area contributed by atoms with Crippen molar-refractivity contribution in [1.82, 2.24) is 9.78 Å². The van der Waals surface area contributed by atoms with Crippen molar-refractivity contribution in [2.24, 2.45) is 0 Å². The average molecular weight is 262 g/mol. The molecule has 0 aliphatic heterocycles. The molecule has 18 heavy (non-hydrogen) atoms. The number of ether oxygens (including phenoxy) is 1.